The summed E-state index contributed by atoms with van der Waals surface area (Å²) in [6.07, 6.45) is 0.789. The lowest BCUT2D eigenvalue weighted by atomic mass is 10.0. The SMILES string of the molecule is Cc1ccccc1NC(=O)N[C@H]1COc2ccccc2C1. The number of amides is 2. The van der Waals surface area contributed by atoms with Gasteiger partial charge in [0.15, 0.2) is 0 Å². The van der Waals surface area contributed by atoms with E-state index in [0.29, 0.717) is 6.61 Å². The minimum absolute atomic E-state index is 0.0103. The number of nitrogens with one attached hydrogen (secondary N) is 2. The van der Waals surface area contributed by atoms with Crippen molar-refractivity contribution < 1.29 is 9.53 Å². The standard InChI is InChI=1S/C17H18N2O2/c1-12-6-2-4-8-15(12)19-17(20)18-14-10-13-7-3-5-9-16(13)21-11-14/h2-9,14H,10-11H2,1H3,(H2,18,19,20)/t14-/m1/s1. The number of anilines is 1. The largest absolute Gasteiger partial charge is 0.491 e. The third kappa shape index (κ3) is 3.16. The summed E-state index contributed by atoms with van der Waals surface area (Å²) in [5.74, 6) is 0.912. The fourth-order valence-corrected chi connectivity index (χ4v) is 2.48. The van der Waals surface area contributed by atoms with Crippen LogP contribution in [-0.4, -0.2) is 18.7 Å². The molecule has 0 aliphatic carbocycles. The van der Waals surface area contributed by atoms with Crippen molar-refractivity contribution in [1.82, 2.24) is 5.32 Å². The lowest BCUT2D eigenvalue weighted by Gasteiger charge is -2.26. The summed E-state index contributed by atoms with van der Waals surface area (Å²) < 4.78 is 5.67. The number of aryl methyl sites for hydroxylation is 1. The van der Waals surface area contributed by atoms with E-state index in [4.69, 9.17) is 4.74 Å². The summed E-state index contributed by atoms with van der Waals surface area (Å²) in [7, 11) is 0. The van der Waals surface area contributed by atoms with Crippen LogP contribution in [0.5, 0.6) is 5.75 Å². The van der Waals surface area contributed by atoms with Crippen molar-refractivity contribution in [2.45, 2.75) is 19.4 Å². The molecule has 2 aromatic rings. The number of rotatable bonds is 2. The summed E-state index contributed by atoms with van der Waals surface area (Å²) in [6.45, 7) is 2.47. The molecule has 2 N–H and O–H groups in total. The summed E-state index contributed by atoms with van der Waals surface area (Å²) in [6, 6.07) is 15.4. The number of urea groups is 1. The van der Waals surface area contributed by atoms with Crippen LogP contribution in [0.1, 0.15) is 11.1 Å². The van der Waals surface area contributed by atoms with E-state index in [1.165, 1.54) is 0 Å². The molecular formula is C17H18N2O2. The van der Waals surface area contributed by atoms with E-state index in [9.17, 15) is 4.79 Å². The zero-order chi connectivity index (χ0) is 14.7. The molecule has 2 aromatic carbocycles. The van der Waals surface area contributed by atoms with Gasteiger partial charge in [-0.2, -0.15) is 0 Å². The number of ether oxygens (including phenoxy) is 1. The third-order valence-corrected chi connectivity index (χ3v) is 3.61. The lowest BCUT2D eigenvalue weighted by molar-refractivity contribution is 0.222. The second-order valence-corrected chi connectivity index (χ2v) is 5.23. The number of carbonyl (C=O) groups is 1. The highest BCUT2D eigenvalue weighted by molar-refractivity contribution is 5.90. The Balaban J connectivity index is 1.60. The molecule has 1 atom stereocenters. The first kappa shape index (κ1) is 13.5. The Bertz CT molecular complexity index is 655. The average molecular weight is 282 g/mol. The van der Waals surface area contributed by atoms with Crippen LogP contribution in [0.15, 0.2) is 48.5 Å². The number of carbonyl (C=O) groups excluding carboxylic acids is 1. The molecule has 1 heterocycles. The lowest BCUT2D eigenvalue weighted by Crippen LogP contribution is -2.44. The van der Waals surface area contributed by atoms with Gasteiger partial charge < -0.3 is 15.4 Å². The monoisotopic (exact) mass is 282 g/mol. The Kier molecular flexibility index (Phi) is 3.77. The van der Waals surface area contributed by atoms with Crippen molar-refractivity contribution in [1.29, 1.82) is 0 Å². The van der Waals surface area contributed by atoms with Crippen molar-refractivity contribution in [3.8, 4) is 5.75 Å². The molecule has 0 unspecified atom stereocenters. The summed E-state index contributed by atoms with van der Waals surface area (Å²) in [5.41, 5.74) is 3.00. The van der Waals surface area contributed by atoms with Gasteiger partial charge in [-0.3, -0.25) is 0 Å². The van der Waals surface area contributed by atoms with Gasteiger partial charge in [-0.05, 0) is 36.6 Å². The topological polar surface area (TPSA) is 50.4 Å². The van der Waals surface area contributed by atoms with Crippen LogP contribution in [-0.2, 0) is 6.42 Å². The smallest absolute Gasteiger partial charge is 0.319 e. The number of fused-ring (bicyclic) bond motifs is 1. The van der Waals surface area contributed by atoms with Gasteiger partial charge in [-0.1, -0.05) is 36.4 Å². The van der Waals surface area contributed by atoms with Crippen LogP contribution in [0.2, 0.25) is 0 Å². The summed E-state index contributed by atoms with van der Waals surface area (Å²) >= 11 is 0. The molecular weight excluding hydrogens is 264 g/mol. The molecule has 0 aromatic heterocycles. The van der Waals surface area contributed by atoms with Crippen LogP contribution in [0.4, 0.5) is 10.5 Å². The van der Waals surface area contributed by atoms with Crippen LogP contribution < -0.4 is 15.4 Å². The minimum Gasteiger partial charge on any atom is -0.491 e. The Morgan fingerprint density at radius 2 is 1.90 bits per heavy atom. The Labute approximate surface area is 124 Å². The van der Waals surface area contributed by atoms with Crippen molar-refractivity contribution in [3.05, 3.63) is 59.7 Å². The molecule has 0 saturated carbocycles. The second-order valence-electron chi connectivity index (χ2n) is 5.23. The van der Waals surface area contributed by atoms with E-state index < -0.39 is 0 Å². The summed E-state index contributed by atoms with van der Waals surface area (Å²) in [4.78, 5) is 12.1. The molecule has 1 aliphatic rings. The van der Waals surface area contributed by atoms with E-state index in [-0.39, 0.29) is 12.1 Å². The Hall–Kier alpha value is -2.49. The predicted molar refractivity (Wildman–Crippen MR) is 82.8 cm³/mol. The van der Waals surface area contributed by atoms with Gasteiger partial charge in [0.2, 0.25) is 0 Å². The first-order chi connectivity index (χ1) is 10.2. The van der Waals surface area contributed by atoms with E-state index in [1.54, 1.807) is 0 Å². The first-order valence-electron chi connectivity index (χ1n) is 7.06. The number of hydrogen-bond acceptors (Lipinski definition) is 2. The molecule has 3 rings (SSSR count). The maximum absolute atomic E-state index is 12.1. The maximum atomic E-state index is 12.1. The maximum Gasteiger partial charge on any atom is 0.319 e. The number of benzene rings is 2. The van der Waals surface area contributed by atoms with Crippen molar-refractivity contribution in [2.75, 3.05) is 11.9 Å². The fourth-order valence-electron chi connectivity index (χ4n) is 2.48. The highest BCUT2D eigenvalue weighted by Crippen LogP contribution is 2.24. The molecule has 0 bridgehead atoms. The van der Waals surface area contributed by atoms with Gasteiger partial charge in [0.25, 0.3) is 0 Å². The van der Waals surface area contributed by atoms with Gasteiger partial charge in [0.05, 0.1) is 6.04 Å². The molecule has 108 valence electrons. The number of para-hydroxylation sites is 2. The van der Waals surface area contributed by atoms with E-state index in [2.05, 4.69) is 10.6 Å². The first-order valence-corrected chi connectivity index (χ1v) is 7.06. The van der Waals surface area contributed by atoms with Crippen LogP contribution in [0, 0.1) is 6.92 Å². The Morgan fingerprint density at radius 1 is 1.14 bits per heavy atom. The van der Waals surface area contributed by atoms with E-state index in [1.807, 2.05) is 55.5 Å². The van der Waals surface area contributed by atoms with Crippen molar-refractivity contribution >= 4 is 11.7 Å². The van der Waals surface area contributed by atoms with E-state index in [0.717, 1.165) is 29.0 Å². The van der Waals surface area contributed by atoms with E-state index >= 15 is 0 Å². The molecule has 0 spiro atoms. The molecule has 21 heavy (non-hydrogen) atoms. The second kappa shape index (κ2) is 5.87. The third-order valence-electron chi connectivity index (χ3n) is 3.61. The quantitative estimate of drug-likeness (QED) is 0.889. The number of hydrogen-bond donors (Lipinski definition) is 2. The fraction of sp³-hybridized carbons (Fsp3) is 0.235. The van der Waals surface area contributed by atoms with Crippen LogP contribution in [0.25, 0.3) is 0 Å². The molecule has 1 aliphatic heterocycles. The van der Waals surface area contributed by atoms with Crippen LogP contribution in [0.3, 0.4) is 0 Å². The molecule has 4 nitrogen and oxygen atoms in total. The molecule has 0 radical (unpaired) electrons. The van der Waals surface area contributed by atoms with Gasteiger partial charge in [0, 0.05) is 5.69 Å². The highest BCUT2D eigenvalue weighted by atomic mass is 16.5. The highest BCUT2D eigenvalue weighted by Gasteiger charge is 2.21. The van der Waals surface area contributed by atoms with Gasteiger partial charge in [-0.15, -0.1) is 0 Å². The van der Waals surface area contributed by atoms with Gasteiger partial charge in [-0.25, -0.2) is 4.79 Å². The summed E-state index contributed by atoms with van der Waals surface area (Å²) in [5, 5.41) is 5.84. The van der Waals surface area contributed by atoms with Gasteiger partial charge >= 0.3 is 6.03 Å². The van der Waals surface area contributed by atoms with Crippen molar-refractivity contribution in [3.63, 3.8) is 0 Å². The predicted octanol–water partition coefficient (Wildman–Crippen LogP) is 3.12. The van der Waals surface area contributed by atoms with Gasteiger partial charge in [0.1, 0.15) is 12.4 Å². The molecule has 2 amide bonds. The zero-order valence-electron chi connectivity index (χ0n) is 11.9. The molecule has 0 fully saturated rings. The van der Waals surface area contributed by atoms with Crippen LogP contribution >= 0.6 is 0 Å². The molecule has 0 saturated heterocycles. The average Bonchev–Trinajstić information content (AvgIpc) is 2.49. The normalized spacial score (nSPS) is 16.5. The Morgan fingerprint density at radius 3 is 2.76 bits per heavy atom. The minimum atomic E-state index is -0.197. The van der Waals surface area contributed by atoms with Crippen molar-refractivity contribution in [2.24, 2.45) is 0 Å². The zero-order valence-corrected chi connectivity index (χ0v) is 11.9. The molecule has 4 heteroatoms.